The van der Waals surface area contributed by atoms with Crippen molar-refractivity contribution in [3.63, 3.8) is 0 Å². The van der Waals surface area contributed by atoms with E-state index < -0.39 is 0 Å². The Morgan fingerprint density at radius 1 is 1.25 bits per heavy atom. The number of aryl methyl sites for hydroxylation is 2. The van der Waals surface area contributed by atoms with Crippen molar-refractivity contribution in [2.75, 3.05) is 20.3 Å². The quantitative estimate of drug-likeness (QED) is 0.383. The number of fused-ring (bicyclic) bond motifs is 1. The topological polar surface area (TPSA) is 77.6 Å². The van der Waals surface area contributed by atoms with E-state index in [4.69, 9.17) is 9.15 Å². The Hall–Kier alpha value is -3.23. The van der Waals surface area contributed by atoms with Crippen LogP contribution < -0.4 is 5.56 Å². The van der Waals surface area contributed by atoms with E-state index in [0.29, 0.717) is 35.7 Å². The Labute approximate surface area is 189 Å². The third kappa shape index (κ3) is 4.81. The number of rotatable bonds is 9. The molecule has 7 nitrogen and oxygen atoms in total. The summed E-state index contributed by atoms with van der Waals surface area (Å²) >= 11 is 1.45. The highest BCUT2D eigenvalue weighted by molar-refractivity contribution is 7.17. The molecule has 0 unspecified atom stereocenters. The monoisotopic (exact) mass is 451 g/mol. The van der Waals surface area contributed by atoms with E-state index in [-0.39, 0.29) is 24.4 Å². The molecule has 0 saturated carbocycles. The van der Waals surface area contributed by atoms with Crippen molar-refractivity contribution in [3.05, 3.63) is 76.0 Å². The van der Waals surface area contributed by atoms with Gasteiger partial charge >= 0.3 is 0 Å². The third-order valence-corrected chi connectivity index (χ3v) is 6.22. The summed E-state index contributed by atoms with van der Waals surface area (Å²) in [6, 6.07) is 11.7. The van der Waals surface area contributed by atoms with Crippen LogP contribution in [0.1, 0.15) is 17.7 Å². The number of carbonyl (C=O) groups is 1. The van der Waals surface area contributed by atoms with E-state index in [1.165, 1.54) is 22.2 Å². The standard InChI is InChI=1S/C24H25N3O4S/c1-17-5-7-18(8-6-17)20-15-32-23-22(20)24(29)27(16-25-23)10-9-21(28)26(11-13-30-2)14-19-4-3-12-31-19/h3-8,12,15-16H,9-11,13-14H2,1-2H3. The number of hydrogen-bond acceptors (Lipinski definition) is 6. The van der Waals surface area contributed by atoms with Crippen LogP contribution in [0.2, 0.25) is 0 Å². The zero-order chi connectivity index (χ0) is 22.5. The number of thiophene rings is 1. The van der Waals surface area contributed by atoms with Crippen LogP contribution in [0.5, 0.6) is 0 Å². The number of amides is 1. The summed E-state index contributed by atoms with van der Waals surface area (Å²) in [7, 11) is 1.60. The lowest BCUT2D eigenvalue weighted by atomic mass is 10.1. The summed E-state index contributed by atoms with van der Waals surface area (Å²) in [6.07, 6.45) is 3.29. The summed E-state index contributed by atoms with van der Waals surface area (Å²) in [6.45, 7) is 3.52. The van der Waals surface area contributed by atoms with Gasteiger partial charge in [-0.1, -0.05) is 29.8 Å². The largest absolute Gasteiger partial charge is 0.467 e. The summed E-state index contributed by atoms with van der Waals surface area (Å²) in [4.78, 5) is 33.0. The molecule has 32 heavy (non-hydrogen) atoms. The van der Waals surface area contributed by atoms with Gasteiger partial charge in [-0.2, -0.15) is 0 Å². The third-order valence-electron chi connectivity index (χ3n) is 5.33. The van der Waals surface area contributed by atoms with Crippen LogP contribution in [0, 0.1) is 6.92 Å². The van der Waals surface area contributed by atoms with Crippen molar-refractivity contribution in [1.82, 2.24) is 14.5 Å². The van der Waals surface area contributed by atoms with Crippen molar-refractivity contribution in [3.8, 4) is 11.1 Å². The minimum atomic E-state index is -0.130. The van der Waals surface area contributed by atoms with Gasteiger partial charge in [0.25, 0.3) is 5.56 Å². The fourth-order valence-electron chi connectivity index (χ4n) is 3.53. The van der Waals surface area contributed by atoms with Crippen LogP contribution in [-0.4, -0.2) is 40.6 Å². The molecule has 0 atom stereocenters. The van der Waals surface area contributed by atoms with Crippen LogP contribution in [0.25, 0.3) is 21.3 Å². The number of furan rings is 1. The lowest BCUT2D eigenvalue weighted by Crippen LogP contribution is -2.34. The molecule has 0 N–H and O–H groups in total. The van der Waals surface area contributed by atoms with E-state index in [1.807, 2.05) is 42.6 Å². The van der Waals surface area contributed by atoms with Crippen molar-refractivity contribution in [2.45, 2.75) is 26.4 Å². The molecule has 0 saturated heterocycles. The van der Waals surface area contributed by atoms with Crippen molar-refractivity contribution >= 4 is 27.5 Å². The first-order chi connectivity index (χ1) is 15.6. The fraction of sp³-hybridized carbons (Fsp3) is 0.292. The first-order valence-corrected chi connectivity index (χ1v) is 11.3. The average Bonchev–Trinajstić information content (AvgIpc) is 3.47. The SMILES string of the molecule is COCCN(Cc1ccco1)C(=O)CCn1cnc2scc(-c3ccc(C)cc3)c2c1=O. The summed E-state index contributed by atoms with van der Waals surface area (Å²) in [5.74, 6) is 0.630. The number of methoxy groups -OCH3 is 1. The highest BCUT2D eigenvalue weighted by Crippen LogP contribution is 2.30. The van der Waals surface area contributed by atoms with Gasteiger partial charge in [0.15, 0.2) is 0 Å². The molecule has 166 valence electrons. The van der Waals surface area contributed by atoms with Gasteiger partial charge < -0.3 is 14.1 Å². The molecule has 0 aliphatic heterocycles. The number of benzene rings is 1. The number of hydrogen-bond donors (Lipinski definition) is 0. The number of ether oxygens (including phenoxy) is 1. The predicted molar refractivity (Wildman–Crippen MR) is 125 cm³/mol. The maximum absolute atomic E-state index is 13.2. The normalized spacial score (nSPS) is 11.2. The molecule has 0 fully saturated rings. The average molecular weight is 452 g/mol. The maximum atomic E-state index is 13.2. The summed E-state index contributed by atoms with van der Waals surface area (Å²) < 4.78 is 12.0. The van der Waals surface area contributed by atoms with Gasteiger partial charge in [0.1, 0.15) is 10.6 Å². The smallest absolute Gasteiger partial charge is 0.262 e. The number of carbonyl (C=O) groups excluding carboxylic acids is 1. The Bertz CT molecular complexity index is 1240. The number of nitrogens with zero attached hydrogens (tertiary/aromatic N) is 3. The molecule has 0 aliphatic carbocycles. The Morgan fingerprint density at radius 2 is 2.06 bits per heavy atom. The molecule has 0 radical (unpaired) electrons. The molecule has 3 aromatic heterocycles. The Balaban J connectivity index is 1.54. The molecular formula is C24H25N3O4S. The first kappa shape index (κ1) is 22.0. The first-order valence-electron chi connectivity index (χ1n) is 10.4. The van der Waals surface area contributed by atoms with Crippen molar-refractivity contribution in [1.29, 1.82) is 0 Å². The second-order valence-corrected chi connectivity index (χ2v) is 8.43. The van der Waals surface area contributed by atoms with Crippen LogP contribution in [0.15, 0.2) is 63.6 Å². The Kier molecular flexibility index (Phi) is 6.82. The second-order valence-electron chi connectivity index (χ2n) is 7.58. The molecule has 0 spiro atoms. The highest BCUT2D eigenvalue weighted by Gasteiger charge is 2.17. The van der Waals surface area contributed by atoms with Crippen molar-refractivity contribution in [2.24, 2.45) is 0 Å². The zero-order valence-electron chi connectivity index (χ0n) is 18.1. The molecule has 4 aromatic rings. The lowest BCUT2D eigenvalue weighted by molar-refractivity contribution is -0.133. The molecule has 1 aromatic carbocycles. The maximum Gasteiger partial charge on any atom is 0.262 e. The molecule has 8 heteroatoms. The zero-order valence-corrected chi connectivity index (χ0v) is 18.9. The van der Waals surface area contributed by atoms with Gasteiger partial charge in [0.05, 0.1) is 31.1 Å². The van der Waals surface area contributed by atoms with Gasteiger partial charge in [0, 0.05) is 37.6 Å². The van der Waals surface area contributed by atoms with Gasteiger partial charge in [-0.25, -0.2) is 4.98 Å². The molecule has 1 amide bonds. The van der Waals surface area contributed by atoms with Crippen LogP contribution in [-0.2, 0) is 22.6 Å². The number of aromatic nitrogens is 2. The second kappa shape index (κ2) is 9.93. The lowest BCUT2D eigenvalue weighted by Gasteiger charge is -2.21. The Morgan fingerprint density at radius 3 is 2.78 bits per heavy atom. The van der Waals surface area contributed by atoms with Gasteiger partial charge in [-0.3, -0.25) is 14.2 Å². The molecule has 0 bridgehead atoms. The minimum absolute atomic E-state index is 0.0745. The van der Waals surface area contributed by atoms with E-state index in [1.54, 1.807) is 24.3 Å². The summed E-state index contributed by atoms with van der Waals surface area (Å²) in [5.41, 5.74) is 2.89. The van der Waals surface area contributed by atoms with E-state index in [2.05, 4.69) is 4.98 Å². The van der Waals surface area contributed by atoms with E-state index in [9.17, 15) is 9.59 Å². The molecule has 3 heterocycles. The van der Waals surface area contributed by atoms with Crippen LogP contribution >= 0.6 is 11.3 Å². The minimum Gasteiger partial charge on any atom is -0.467 e. The molecule has 4 rings (SSSR count). The van der Waals surface area contributed by atoms with Crippen molar-refractivity contribution < 1.29 is 13.9 Å². The molecule has 0 aliphatic rings. The predicted octanol–water partition coefficient (Wildman–Crippen LogP) is 4.09. The molecular weight excluding hydrogens is 426 g/mol. The van der Waals surface area contributed by atoms with Gasteiger partial charge in [0.2, 0.25) is 5.91 Å². The van der Waals surface area contributed by atoms with E-state index >= 15 is 0 Å². The fourth-order valence-corrected chi connectivity index (χ4v) is 4.44. The van der Waals surface area contributed by atoms with E-state index in [0.717, 1.165) is 16.7 Å². The van der Waals surface area contributed by atoms with Gasteiger partial charge in [-0.15, -0.1) is 11.3 Å². The van der Waals surface area contributed by atoms with Crippen LogP contribution in [0.3, 0.4) is 0 Å². The van der Waals surface area contributed by atoms with Gasteiger partial charge in [-0.05, 0) is 24.6 Å². The highest BCUT2D eigenvalue weighted by atomic mass is 32.1. The summed E-state index contributed by atoms with van der Waals surface area (Å²) in [5, 5.41) is 2.57. The van der Waals surface area contributed by atoms with Crippen LogP contribution in [0.4, 0.5) is 0 Å².